The third kappa shape index (κ3) is 3.37. The van der Waals surface area contributed by atoms with E-state index in [1.807, 2.05) is 0 Å². The van der Waals surface area contributed by atoms with Crippen LogP contribution < -0.4 is 9.64 Å². The SMILES string of the molecule is O=C(CN1CCN(CCO)CC1)N1CCOc2ccncc21. The fourth-order valence-corrected chi connectivity index (χ4v) is 2.91. The van der Waals surface area contributed by atoms with Gasteiger partial charge in [-0.2, -0.15) is 0 Å². The van der Waals surface area contributed by atoms with Crippen LogP contribution in [0.2, 0.25) is 0 Å². The van der Waals surface area contributed by atoms with Gasteiger partial charge >= 0.3 is 0 Å². The predicted octanol–water partition coefficient (Wildman–Crippen LogP) is -0.583. The molecule has 1 aromatic heterocycles. The molecule has 22 heavy (non-hydrogen) atoms. The van der Waals surface area contributed by atoms with Crippen molar-refractivity contribution in [2.45, 2.75) is 0 Å². The Hall–Kier alpha value is -1.70. The molecule has 1 N–H and O–H groups in total. The smallest absolute Gasteiger partial charge is 0.241 e. The topological polar surface area (TPSA) is 69.1 Å². The van der Waals surface area contributed by atoms with E-state index in [0.717, 1.165) is 37.6 Å². The van der Waals surface area contributed by atoms with Crippen molar-refractivity contribution in [1.82, 2.24) is 14.8 Å². The van der Waals surface area contributed by atoms with Gasteiger partial charge in [-0.05, 0) is 0 Å². The molecule has 0 unspecified atom stereocenters. The molecule has 2 aliphatic heterocycles. The van der Waals surface area contributed by atoms with E-state index < -0.39 is 0 Å². The minimum Gasteiger partial charge on any atom is -0.489 e. The lowest BCUT2D eigenvalue weighted by atomic mass is 10.2. The van der Waals surface area contributed by atoms with Gasteiger partial charge in [0.15, 0.2) is 0 Å². The first-order valence-corrected chi connectivity index (χ1v) is 7.70. The second-order valence-electron chi connectivity index (χ2n) is 5.58. The number of carbonyl (C=O) groups excluding carboxylic acids is 1. The standard InChI is InChI=1S/C15H22N4O3/c20-9-7-17-3-5-18(6-4-17)12-15(21)19-8-10-22-14-1-2-16-11-13(14)19/h1-2,11,20H,3-10,12H2. The number of hydrogen-bond acceptors (Lipinski definition) is 6. The summed E-state index contributed by atoms with van der Waals surface area (Å²) in [5, 5.41) is 8.96. The number of aliphatic hydroxyl groups excluding tert-OH is 1. The summed E-state index contributed by atoms with van der Waals surface area (Å²) in [4.78, 5) is 22.8. The Labute approximate surface area is 130 Å². The number of β-amino-alcohol motifs (C(OH)–C–C–N with tert-alkyl or cyclic N) is 1. The second kappa shape index (κ2) is 7.04. The van der Waals surface area contributed by atoms with E-state index in [0.29, 0.717) is 26.2 Å². The fraction of sp³-hybridized carbons (Fsp3) is 0.600. The lowest BCUT2D eigenvalue weighted by Crippen LogP contribution is -2.51. The number of piperazine rings is 1. The van der Waals surface area contributed by atoms with E-state index in [-0.39, 0.29) is 12.5 Å². The van der Waals surface area contributed by atoms with Crippen LogP contribution in [0, 0.1) is 0 Å². The molecule has 7 nitrogen and oxygen atoms in total. The summed E-state index contributed by atoms with van der Waals surface area (Å²) in [6.07, 6.45) is 3.36. The monoisotopic (exact) mass is 306 g/mol. The third-order valence-electron chi connectivity index (χ3n) is 4.17. The highest BCUT2D eigenvalue weighted by atomic mass is 16.5. The third-order valence-corrected chi connectivity index (χ3v) is 4.17. The van der Waals surface area contributed by atoms with Gasteiger partial charge in [0.25, 0.3) is 0 Å². The molecule has 0 radical (unpaired) electrons. The lowest BCUT2D eigenvalue weighted by molar-refractivity contribution is -0.120. The maximum atomic E-state index is 12.6. The number of aromatic nitrogens is 1. The zero-order valence-electron chi connectivity index (χ0n) is 12.6. The molecule has 0 atom stereocenters. The average molecular weight is 306 g/mol. The van der Waals surface area contributed by atoms with E-state index in [1.165, 1.54) is 0 Å². The maximum Gasteiger partial charge on any atom is 0.241 e. The van der Waals surface area contributed by atoms with Gasteiger partial charge in [-0.1, -0.05) is 0 Å². The Kier molecular flexibility index (Phi) is 4.87. The Balaban J connectivity index is 1.57. The molecule has 3 rings (SSSR count). The van der Waals surface area contributed by atoms with E-state index in [4.69, 9.17) is 9.84 Å². The van der Waals surface area contributed by atoms with Crippen LogP contribution in [-0.2, 0) is 4.79 Å². The summed E-state index contributed by atoms with van der Waals surface area (Å²) in [6.45, 7) is 5.92. The molecule has 1 saturated heterocycles. The number of rotatable bonds is 4. The highest BCUT2D eigenvalue weighted by Gasteiger charge is 2.26. The number of hydrogen-bond donors (Lipinski definition) is 1. The van der Waals surface area contributed by atoms with Crippen LogP contribution in [0.4, 0.5) is 5.69 Å². The number of carbonyl (C=O) groups is 1. The summed E-state index contributed by atoms with van der Waals surface area (Å²) >= 11 is 0. The van der Waals surface area contributed by atoms with Crippen molar-refractivity contribution < 1.29 is 14.6 Å². The first-order valence-electron chi connectivity index (χ1n) is 7.70. The molecule has 0 spiro atoms. The molecule has 0 aromatic carbocycles. The molecule has 2 aliphatic rings. The summed E-state index contributed by atoms with van der Waals surface area (Å²) in [7, 11) is 0. The van der Waals surface area contributed by atoms with E-state index in [2.05, 4.69) is 14.8 Å². The first kappa shape index (κ1) is 15.2. The van der Waals surface area contributed by atoms with Crippen LogP contribution in [0.3, 0.4) is 0 Å². The van der Waals surface area contributed by atoms with Crippen molar-refractivity contribution in [1.29, 1.82) is 0 Å². The molecular weight excluding hydrogens is 284 g/mol. The van der Waals surface area contributed by atoms with E-state index in [1.54, 1.807) is 23.4 Å². The predicted molar refractivity (Wildman–Crippen MR) is 82.1 cm³/mol. The van der Waals surface area contributed by atoms with Gasteiger partial charge in [0.2, 0.25) is 5.91 Å². The largest absolute Gasteiger partial charge is 0.489 e. The number of ether oxygens (including phenoxy) is 1. The quantitative estimate of drug-likeness (QED) is 0.802. The Morgan fingerprint density at radius 3 is 2.77 bits per heavy atom. The van der Waals surface area contributed by atoms with Crippen LogP contribution >= 0.6 is 0 Å². The molecule has 1 aromatic rings. The minimum absolute atomic E-state index is 0.0909. The first-order chi connectivity index (χ1) is 10.8. The number of anilines is 1. The number of nitrogens with zero attached hydrogens (tertiary/aromatic N) is 4. The van der Waals surface area contributed by atoms with Crippen molar-refractivity contribution in [3.05, 3.63) is 18.5 Å². The minimum atomic E-state index is 0.0909. The van der Waals surface area contributed by atoms with Gasteiger partial charge in [-0.15, -0.1) is 0 Å². The van der Waals surface area contributed by atoms with Crippen LogP contribution in [0.25, 0.3) is 0 Å². The highest BCUT2D eigenvalue weighted by Crippen LogP contribution is 2.30. The van der Waals surface area contributed by atoms with Gasteiger partial charge in [0.1, 0.15) is 18.0 Å². The normalized spacial score (nSPS) is 19.6. The number of aliphatic hydroxyl groups is 1. The summed E-state index contributed by atoms with van der Waals surface area (Å²) in [5.74, 6) is 0.815. The van der Waals surface area contributed by atoms with Crippen LogP contribution in [-0.4, -0.2) is 84.8 Å². The summed E-state index contributed by atoms with van der Waals surface area (Å²) in [5.41, 5.74) is 0.762. The molecular formula is C15H22N4O3. The molecule has 3 heterocycles. The Morgan fingerprint density at radius 1 is 1.23 bits per heavy atom. The van der Waals surface area contributed by atoms with Crippen molar-refractivity contribution in [2.75, 3.05) is 63.9 Å². The van der Waals surface area contributed by atoms with Crippen molar-refractivity contribution in [2.24, 2.45) is 0 Å². The zero-order chi connectivity index (χ0) is 15.4. The van der Waals surface area contributed by atoms with Crippen LogP contribution in [0.5, 0.6) is 5.75 Å². The number of fused-ring (bicyclic) bond motifs is 1. The molecule has 1 fully saturated rings. The second-order valence-corrected chi connectivity index (χ2v) is 5.58. The maximum absolute atomic E-state index is 12.6. The lowest BCUT2D eigenvalue weighted by Gasteiger charge is -2.36. The van der Waals surface area contributed by atoms with Crippen molar-refractivity contribution in [3.8, 4) is 5.75 Å². The van der Waals surface area contributed by atoms with Crippen molar-refractivity contribution in [3.63, 3.8) is 0 Å². The number of pyridine rings is 1. The van der Waals surface area contributed by atoms with Crippen LogP contribution in [0.1, 0.15) is 0 Å². The van der Waals surface area contributed by atoms with Gasteiger partial charge in [0.05, 0.1) is 25.9 Å². The summed E-state index contributed by atoms with van der Waals surface area (Å²) in [6, 6.07) is 1.79. The van der Waals surface area contributed by atoms with Crippen molar-refractivity contribution >= 4 is 11.6 Å². The molecule has 0 bridgehead atoms. The van der Waals surface area contributed by atoms with E-state index in [9.17, 15) is 4.79 Å². The zero-order valence-corrected chi connectivity index (χ0v) is 12.6. The van der Waals surface area contributed by atoms with Crippen LogP contribution in [0.15, 0.2) is 18.5 Å². The highest BCUT2D eigenvalue weighted by molar-refractivity contribution is 5.96. The van der Waals surface area contributed by atoms with Gasteiger partial charge in [0, 0.05) is 45.0 Å². The Bertz CT molecular complexity index is 517. The Morgan fingerprint density at radius 2 is 2.00 bits per heavy atom. The molecule has 120 valence electrons. The molecule has 0 aliphatic carbocycles. The van der Waals surface area contributed by atoms with Gasteiger partial charge in [-0.25, -0.2) is 0 Å². The summed E-state index contributed by atoms with van der Waals surface area (Å²) < 4.78 is 5.56. The molecule has 7 heteroatoms. The van der Waals surface area contributed by atoms with Gasteiger partial charge in [-0.3, -0.25) is 19.6 Å². The number of amides is 1. The van der Waals surface area contributed by atoms with Gasteiger partial charge < -0.3 is 14.7 Å². The van der Waals surface area contributed by atoms with E-state index >= 15 is 0 Å². The fourth-order valence-electron chi connectivity index (χ4n) is 2.91. The molecule has 0 saturated carbocycles. The molecule has 1 amide bonds. The average Bonchev–Trinajstić information content (AvgIpc) is 2.56.